The van der Waals surface area contributed by atoms with Crippen molar-refractivity contribution in [3.05, 3.63) is 0 Å². The van der Waals surface area contributed by atoms with Gasteiger partial charge in [-0.15, -0.1) is 0 Å². The summed E-state index contributed by atoms with van der Waals surface area (Å²) in [6, 6.07) is 0.320. The molecule has 0 bridgehead atoms. The molecule has 0 saturated heterocycles. The largest absolute Gasteiger partial charge is 0.391 e. The normalized spacial score (nSPS) is 38.1. The summed E-state index contributed by atoms with van der Waals surface area (Å²) < 4.78 is 39.0. The van der Waals surface area contributed by atoms with Crippen LogP contribution in [0.5, 0.6) is 0 Å². The summed E-state index contributed by atoms with van der Waals surface area (Å²) in [5, 5.41) is 3.51. The van der Waals surface area contributed by atoms with Crippen molar-refractivity contribution >= 4 is 0 Å². The molecule has 3 N–H and O–H groups in total. The van der Waals surface area contributed by atoms with E-state index in [-0.39, 0.29) is 12.8 Å². The molecule has 3 atom stereocenters. The molecular weight excluding hydrogens is 265 g/mol. The zero-order valence-corrected chi connectivity index (χ0v) is 12.5. The van der Waals surface area contributed by atoms with Gasteiger partial charge in [0.1, 0.15) is 0 Å². The smallest absolute Gasteiger partial charge is 0.329 e. The molecule has 2 rings (SSSR count). The Balaban J connectivity index is 2.02. The standard InChI is InChI=1S/C15H27F3N2/c1-13(2)7-5-12(9-13)20-14(10-19)6-3-4-11(8-14)15(16,17)18/h11-12,20H,3-10,19H2,1-2H3. The van der Waals surface area contributed by atoms with Crippen molar-refractivity contribution in [3.63, 3.8) is 0 Å². The number of rotatable bonds is 3. The topological polar surface area (TPSA) is 38.0 Å². The van der Waals surface area contributed by atoms with Gasteiger partial charge >= 0.3 is 6.18 Å². The summed E-state index contributed by atoms with van der Waals surface area (Å²) in [7, 11) is 0. The first-order valence-electron chi connectivity index (χ1n) is 7.70. The quantitative estimate of drug-likeness (QED) is 0.834. The van der Waals surface area contributed by atoms with E-state index in [0.717, 1.165) is 25.7 Å². The third kappa shape index (κ3) is 3.67. The summed E-state index contributed by atoms with van der Waals surface area (Å²) in [4.78, 5) is 0. The predicted octanol–water partition coefficient (Wildman–Crippen LogP) is 3.60. The van der Waals surface area contributed by atoms with E-state index in [1.165, 1.54) is 0 Å². The Hall–Kier alpha value is -0.290. The lowest BCUT2D eigenvalue weighted by molar-refractivity contribution is -0.188. The molecular formula is C15H27F3N2. The van der Waals surface area contributed by atoms with Crippen LogP contribution in [0.25, 0.3) is 0 Å². The number of hydrogen-bond donors (Lipinski definition) is 2. The Morgan fingerprint density at radius 1 is 1.15 bits per heavy atom. The fourth-order valence-corrected chi connectivity index (χ4v) is 4.01. The van der Waals surface area contributed by atoms with E-state index in [2.05, 4.69) is 19.2 Å². The molecule has 0 aromatic rings. The minimum Gasteiger partial charge on any atom is -0.329 e. The molecule has 2 aliphatic carbocycles. The predicted molar refractivity (Wildman–Crippen MR) is 74.4 cm³/mol. The molecule has 2 saturated carbocycles. The van der Waals surface area contributed by atoms with E-state index < -0.39 is 17.6 Å². The maximum Gasteiger partial charge on any atom is 0.391 e. The minimum atomic E-state index is -4.09. The van der Waals surface area contributed by atoms with Crippen molar-refractivity contribution < 1.29 is 13.2 Å². The zero-order chi connectivity index (χ0) is 15.0. The number of halogens is 3. The van der Waals surface area contributed by atoms with Crippen molar-refractivity contribution in [2.75, 3.05) is 6.54 Å². The van der Waals surface area contributed by atoms with E-state index in [0.29, 0.717) is 24.4 Å². The number of alkyl halides is 3. The summed E-state index contributed by atoms with van der Waals surface area (Å²) >= 11 is 0. The van der Waals surface area contributed by atoms with Crippen LogP contribution in [0.15, 0.2) is 0 Å². The average Bonchev–Trinajstić information content (AvgIpc) is 2.68. The van der Waals surface area contributed by atoms with E-state index in [1.807, 2.05) is 0 Å². The lowest BCUT2D eigenvalue weighted by Crippen LogP contribution is -2.58. The SMILES string of the molecule is CC1(C)CCC(NC2(CN)CCCC(C(F)(F)F)C2)C1. The molecule has 0 amide bonds. The Morgan fingerprint density at radius 2 is 1.85 bits per heavy atom. The summed E-state index contributed by atoms with van der Waals surface area (Å²) in [6.07, 6.45) is 0.910. The fourth-order valence-electron chi connectivity index (χ4n) is 4.01. The second-order valence-electron chi connectivity index (χ2n) is 7.57. The van der Waals surface area contributed by atoms with Gasteiger partial charge in [-0.2, -0.15) is 13.2 Å². The summed E-state index contributed by atoms with van der Waals surface area (Å²) in [5.41, 5.74) is 5.65. The van der Waals surface area contributed by atoms with Gasteiger partial charge in [0.15, 0.2) is 0 Å². The van der Waals surface area contributed by atoms with Gasteiger partial charge < -0.3 is 11.1 Å². The summed E-state index contributed by atoms with van der Waals surface area (Å²) in [5.74, 6) is -1.19. The Morgan fingerprint density at radius 3 is 2.35 bits per heavy atom. The highest BCUT2D eigenvalue weighted by atomic mass is 19.4. The number of nitrogens with one attached hydrogen (secondary N) is 1. The van der Waals surface area contributed by atoms with Crippen LogP contribution in [-0.2, 0) is 0 Å². The van der Waals surface area contributed by atoms with Crippen LogP contribution in [-0.4, -0.2) is 24.3 Å². The molecule has 2 aliphatic rings. The Labute approximate surface area is 119 Å². The van der Waals surface area contributed by atoms with Gasteiger partial charge in [0.2, 0.25) is 0 Å². The van der Waals surface area contributed by atoms with Crippen molar-refractivity contribution in [3.8, 4) is 0 Å². The monoisotopic (exact) mass is 292 g/mol. The van der Waals surface area contributed by atoms with Crippen molar-refractivity contribution in [1.29, 1.82) is 0 Å². The van der Waals surface area contributed by atoms with Crippen molar-refractivity contribution in [2.45, 2.75) is 76.6 Å². The van der Waals surface area contributed by atoms with Gasteiger partial charge in [0, 0.05) is 18.1 Å². The van der Waals surface area contributed by atoms with Crippen LogP contribution in [0.4, 0.5) is 13.2 Å². The van der Waals surface area contributed by atoms with Gasteiger partial charge in [-0.05, 0) is 43.9 Å². The molecule has 0 spiro atoms. The molecule has 0 aromatic heterocycles. The third-order valence-electron chi connectivity index (χ3n) is 5.18. The second-order valence-corrected chi connectivity index (χ2v) is 7.57. The molecule has 3 unspecified atom stereocenters. The van der Waals surface area contributed by atoms with Gasteiger partial charge in [0.25, 0.3) is 0 Å². The van der Waals surface area contributed by atoms with Gasteiger partial charge in [0.05, 0.1) is 5.92 Å². The van der Waals surface area contributed by atoms with E-state index in [1.54, 1.807) is 0 Å². The maximum atomic E-state index is 13.0. The highest BCUT2D eigenvalue weighted by Crippen LogP contribution is 2.43. The number of nitrogens with two attached hydrogens (primary N) is 1. The van der Waals surface area contributed by atoms with Crippen LogP contribution in [0.2, 0.25) is 0 Å². The van der Waals surface area contributed by atoms with Crippen LogP contribution in [0.1, 0.15) is 58.8 Å². The third-order valence-corrected chi connectivity index (χ3v) is 5.18. The number of hydrogen-bond acceptors (Lipinski definition) is 2. The molecule has 2 nitrogen and oxygen atoms in total. The first kappa shape index (κ1) is 16.1. The first-order chi connectivity index (χ1) is 9.16. The first-order valence-corrected chi connectivity index (χ1v) is 7.70. The van der Waals surface area contributed by atoms with Crippen LogP contribution in [0, 0.1) is 11.3 Å². The van der Waals surface area contributed by atoms with E-state index >= 15 is 0 Å². The molecule has 20 heavy (non-hydrogen) atoms. The van der Waals surface area contributed by atoms with Crippen molar-refractivity contribution in [2.24, 2.45) is 17.1 Å². The highest BCUT2D eigenvalue weighted by Gasteiger charge is 2.48. The average molecular weight is 292 g/mol. The molecule has 0 heterocycles. The highest BCUT2D eigenvalue weighted by molar-refractivity contribution is 5.00. The Kier molecular flexibility index (Phi) is 4.41. The summed E-state index contributed by atoms with van der Waals surface area (Å²) in [6.45, 7) is 4.75. The van der Waals surface area contributed by atoms with E-state index in [4.69, 9.17) is 5.73 Å². The Bertz CT molecular complexity index is 341. The van der Waals surface area contributed by atoms with Crippen LogP contribution in [0.3, 0.4) is 0 Å². The van der Waals surface area contributed by atoms with E-state index in [9.17, 15) is 13.2 Å². The van der Waals surface area contributed by atoms with Gasteiger partial charge in [-0.25, -0.2) is 0 Å². The second kappa shape index (κ2) is 5.48. The van der Waals surface area contributed by atoms with Gasteiger partial charge in [-0.1, -0.05) is 20.3 Å². The lowest BCUT2D eigenvalue weighted by atomic mass is 9.74. The lowest BCUT2D eigenvalue weighted by Gasteiger charge is -2.43. The molecule has 0 radical (unpaired) electrons. The minimum absolute atomic E-state index is 0.143. The molecule has 118 valence electrons. The molecule has 2 fully saturated rings. The maximum absolute atomic E-state index is 13.0. The molecule has 0 aliphatic heterocycles. The fraction of sp³-hybridized carbons (Fsp3) is 1.00. The van der Waals surface area contributed by atoms with Gasteiger partial charge in [-0.3, -0.25) is 0 Å². The zero-order valence-electron chi connectivity index (χ0n) is 12.5. The van der Waals surface area contributed by atoms with Crippen molar-refractivity contribution in [1.82, 2.24) is 5.32 Å². The van der Waals surface area contributed by atoms with Crippen LogP contribution < -0.4 is 11.1 Å². The molecule has 5 heteroatoms. The van der Waals surface area contributed by atoms with Crippen LogP contribution >= 0.6 is 0 Å². The molecule has 0 aromatic carbocycles.